The van der Waals surface area contributed by atoms with E-state index >= 15 is 0 Å². The van der Waals surface area contributed by atoms with Crippen LogP contribution in [0.5, 0.6) is 0 Å². The van der Waals surface area contributed by atoms with Crippen LogP contribution in [-0.4, -0.2) is 29.6 Å². The van der Waals surface area contributed by atoms with Crippen molar-refractivity contribution in [2.24, 2.45) is 0 Å². The number of carbonyl (C=O) groups is 3. The molecule has 1 aromatic rings. The van der Waals surface area contributed by atoms with E-state index in [4.69, 9.17) is 0 Å². The van der Waals surface area contributed by atoms with Gasteiger partial charge in [-0.15, -0.1) is 11.8 Å². The number of nitrogens with one attached hydrogen (secondary N) is 3. The number of fused-ring (bicyclic) bond motifs is 1. The van der Waals surface area contributed by atoms with Gasteiger partial charge in [-0.05, 0) is 18.1 Å². The van der Waals surface area contributed by atoms with Crippen molar-refractivity contribution in [3.8, 4) is 0 Å². The van der Waals surface area contributed by atoms with Crippen molar-refractivity contribution in [1.82, 2.24) is 16.0 Å². The maximum Gasteiger partial charge on any atom is 0.322 e. The third-order valence-electron chi connectivity index (χ3n) is 3.61. The molecule has 2 aliphatic heterocycles. The van der Waals surface area contributed by atoms with Crippen molar-refractivity contribution >= 4 is 29.6 Å². The number of rotatable bonds is 3. The Morgan fingerprint density at radius 3 is 2.95 bits per heavy atom. The first-order valence-electron chi connectivity index (χ1n) is 6.86. The lowest BCUT2D eigenvalue weighted by molar-refractivity contribution is -0.126. The molecule has 0 saturated carbocycles. The highest BCUT2D eigenvalue weighted by atomic mass is 32.2. The molecule has 1 fully saturated rings. The van der Waals surface area contributed by atoms with Crippen LogP contribution in [0.25, 0.3) is 0 Å². The molecular weight excluding hydrogens is 309 g/mol. The topological polar surface area (TPSA) is 87.3 Å². The average molecular weight is 323 g/mol. The van der Waals surface area contributed by atoms with Crippen molar-refractivity contribution in [2.75, 3.05) is 5.75 Å². The highest BCUT2D eigenvalue weighted by molar-refractivity contribution is 7.99. The number of hydrogen-bond donors (Lipinski definition) is 3. The van der Waals surface area contributed by atoms with Crippen LogP contribution >= 0.6 is 11.8 Å². The van der Waals surface area contributed by atoms with Gasteiger partial charge in [-0.3, -0.25) is 14.9 Å². The highest BCUT2D eigenvalue weighted by Crippen LogP contribution is 2.37. The molecule has 4 amide bonds. The maximum atomic E-state index is 13.8. The van der Waals surface area contributed by atoms with Crippen molar-refractivity contribution < 1.29 is 18.8 Å². The van der Waals surface area contributed by atoms with Gasteiger partial charge in [-0.2, -0.15) is 0 Å². The summed E-state index contributed by atoms with van der Waals surface area (Å²) in [5.74, 6) is -0.441. The summed E-state index contributed by atoms with van der Waals surface area (Å²) in [5, 5.41) is 7.27. The van der Waals surface area contributed by atoms with E-state index < -0.39 is 18.0 Å². The van der Waals surface area contributed by atoms with Gasteiger partial charge in [0.25, 0.3) is 5.91 Å². The zero-order chi connectivity index (χ0) is 15.7. The summed E-state index contributed by atoms with van der Waals surface area (Å²) >= 11 is 1.43. The van der Waals surface area contributed by atoms with Gasteiger partial charge in [0.1, 0.15) is 11.9 Å². The molecule has 1 aromatic carbocycles. The van der Waals surface area contributed by atoms with E-state index in [0.29, 0.717) is 17.1 Å². The Morgan fingerprint density at radius 2 is 2.23 bits per heavy atom. The third-order valence-corrected chi connectivity index (χ3v) is 4.77. The second kappa shape index (κ2) is 5.96. The standard InChI is InChI=1S/C14H14FN3O3S/c15-8-3-1-2-7-9(4-5-22-12(7)8)16-11(19)6-10-13(20)18-14(21)17-10/h1-3,9-10H,4-6H2,(H,16,19)(H2,17,18,20,21)/t9-,10-/m0/s1. The Labute approximate surface area is 130 Å². The molecule has 0 radical (unpaired) electrons. The van der Waals surface area contributed by atoms with E-state index in [2.05, 4.69) is 16.0 Å². The molecule has 0 spiro atoms. The Balaban J connectivity index is 1.67. The fourth-order valence-electron chi connectivity index (χ4n) is 2.58. The molecule has 6 nitrogen and oxygen atoms in total. The van der Waals surface area contributed by atoms with Crippen LogP contribution in [0.4, 0.5) is 9.18 Å². The largest absolute Gasteiger partial charge is 0.349 e. The molecule has 2 aliphatic rings. The lowest BCUT2D eigenvalue weighted by Gasteiger charge is -2.26. The molecule has 0 aliphatic carbocycles. The molecular formula is C14H14FN3O3S. The van der Waals surface area contributed by atoms with Crippen molar-refractivity contribution in [1.29, 1.82) is 0 Å². The Bertz CT molecular complexity index is 652. The molecule has 0 bridgehead atoms. The monoisotopic (exact) mass is 323 g/mol. The fraction of sp³-hybridized carbons (Fsp3) is 0.357. The summed E-state index contributed by atoms with van der Waals surface area (Å²) in [5.41, 5.74) is 0.754. The Hall–Kier alpha value is -2.09. The number of hydrogen-bond acceptors (Lipinski definition) is 4. The van der Waals surface area contributed by atoms with Gasteiger partial charge in [-0.25, -0.2) is 9.18 Å². The molecule has 2 atom stereocenters. The second-order valence-corrected chi connectivity index (χ2v) is 6.24. The van der Waals surface area contributed by atoms with Gasteiger partial charge in [0.15, 0.2) is 0 Å². The molecule has 8 heteroatoms. The quantitative estimate of drug-likeness (QED) is 0.726. The number of amides is 4. The van der Waals surface area contributed by atoms with Crippen LogP contribution in [0.15, 0.2) is 23.1 Å². The van der Waals surface area contributed by atoms with Gasteiger partial charge >= 0.3 is 6.03 Å². The molecule has 0 aromatic heterocycles. The van der Waals surface area contributed by atoms with Crippen LogP contribution in [0.2, 0.25) is 0 Å². The first kappa shape index (κ1) is 14.8. The van der Waals surface area contributed by atoms with Crippen LogP contribution in [0.3, 0.4) is 0 Å². The van der Waals surface area contributed by atoms with Crippen molar-refractivity contribution in [2.45, 2.75) is 29.8 Å². The Kier molecular flexibility index (Phi) is 4.02. The highest BCUT2D eigenvalue weighted by Gasteiger charge is 2.32. The normalized spacial score (nSPS) is 23.5. The van der Waals surface area contributed by atoms with Gasteiger partial charge in [-0.1, -0.05) is 12.1 Å². The van der Waals surface area contributed by atoms with Gasteiger partial charge in [0, 0.05) is 10.6 Å². The summed E-state index contributed by atoms with van der Waals surface area (Å²) in [6.45, 7) is 0. The van der Waals surface area contributed by atoms with Gasteiger partial charge < -0.3 is 10.6 Å². The van der Waals surface area contributed by atoms with Crippen molar-refractivity contribution in [3.05, 3.63) is 29.6 Å². The SMILES string of the molecule is O=C(C[C@@H]1NC(=O)NC1=O)N[C@H]1CCSc2c(F)cccc21. The van der Waals surface area contributed by atoms with E-state index in [1.54, 1.807) is 12.1 Å². The van der Waals surface area contributed by atoms with Crippen LogP contribution in [0.1, 0.15) is 24.4 Å². The minimum absolute atomic E-state index is 0.133. The lowest BCUT2D eigenvalue weighted by atomic mass is 10.0. The molecule has 0 unspecified atom stereocenters. The Morgan fingerprint density at radius 1 is 1.41 bits per heavy atom. The molecule has 3 rings (SSSR count). The van der Waals surface area contributed by atoms with Crippen LogP contribution in [0, 0.1) is 5.82 Å². The van der Waals surface area contributed by atoms with E-state index in [0.717, 1.165) is 5.56 Å². The first-order valence-corrected chi connectivity index (χ1v) is 7.85. The number of imide groups is 1. The summed E-state index contributed by atoms with van der Waals surface area (Å²) in [6.07, 6.45) is 0.557. The average Bonchev–Trinajstić information content (AvgIpc) is 2.78. The lowest BCUT2D eigenvalue weighted by Crippen LogP contribution is -2.38. The molecule has 2 heterocycles. The van der Waals surface area contributed by atoms with E-state index in [9.17, 15) is 18.8 Å². The summed E-state index contributed by atoms with van der Waals surface area (Å²) in [4.78, 5) is 35.1. The predicted octanol–water partition coefficient (Wildman–Crippen LogP) is 1.08. The number of benzene rings is 1. The molecule has 22 heavy (non-hydrogen) atoms. The van der Waals surface area contributed by atoms with E-state index in [-0.39, 0.29) is 24.2 Å². The van der Waals surface area contributed by atoms with E-state index in [1.165, 1.54) is 17.8 Å². The summed E-state index contributed by atoms with van der Waals surface area (Å²) in [7, 11) is 0. The number of halogens is 1. The van der Waals surface area contributed by atoms with E-state index in [1.807, 2.05) is 0 Å². The second-order valence-electron chi connectivity index (χ2n) is 5.13. The van der Waals surface area contributed by atoms with Gasteiger partial charge in [0.2, 0.25) is 5.91 Å². The molecule has 1 saturated heterocycles. The number of carbonyl (C=O) groups excluding carboxylic acids is 3. The number of urea groups is 1. The molecule has 3 N–H and O–H groups in total. The minimum Gasteiger partial charge on any atom is -0.349 e. The minimum atomic E-state index is -0.850. The number of thioether (sulfide) groups is 1. The zero-order valence-electron chi connectivity index (χ0n) is 11.5. The third kappa shape index (κ3) is 2.92. The van der Waals surface area contributed by atoms with Crippen LogP contribution in [-0.2, 0) is 9.59 Å². The summed E-state index contributed by atoms with van der Waals surface area (Å²) in [6, 6.07) is 3.08. The summed E-state index contributed by atoms with van der Waals surface area (Å²) < 4.78 is 13.8. The predicted molar refractivity (Wildman–Crippen MR) is 77.7 cm³/mol. The zero-order valence-corrected chi connectivity index (χ0v) is 12.3. The maximum absolute atomic E-state index is 13.8. The first-order chi connectivity index (χ1) is 10.5. The smallest absolute Gasteiger partial charge is 0.322 e. The fourth-order valence-corrected chi connectivity index (χ4v) is 3.72. The van der Waals surface area contributed by atoms with Crippen LogP contribution < -0.4 is 16.0 Å². The van der Waals surface area contributed by atoms with Crippen molar-refractivity contribution in [3.63, 3.8) is 0 Å². The molecule has 116 valence electrons. The van der Waals surface area contributed by atoms with Gasteiger partial charge in [0.05, 0.1) is 12.5 Å².